The Hall–Kier alpha value is -3.16. The molecule has 1 saturated heterocycles. The predicted molar refractivity (Wildman–Crippen MR) is 120 cm³/mol. The number of ether oxygens (including phenoxy) is 1. The number of rotatable bonds is 6. The number of nitrogens with one attached hydrogen (secondary N) is 1. The van der Waals surface area contributed by atoms with E-state index in [-0.39, 0.29) is 18.1 Å². The Kier molecular flexibility index (Phi) is 6.34. The van der Waals surface area contributed by atoms with E-state index in [1.54, 1.807) is 17.7 Å². The Bertz CT molecular complexity index is 1140. The maximum Gasteiger partial charge on any atom is 0.250 e. The van der Waals surface area contributed by atoms with Gasteiger partial charge in [0.25, 0.3) is 0 Å². The number of benzene rings is 2. The summed E-state index contributed by atoms with van der Waals surface area (Å²) in [4.78, 5) is 25.2. The number of β-amino-alcohol motifs (C(OH)–C–C–N with tert-alkyl or cyclic N) is 1. The Balaban J connectivity index is 1.42. The highest BCUT2D eigenvalue weighted by Gasteiger charge is 2.17. The van der Waals surface area contributed by atoms with E-state index in [1.165, 1.54) is 0 Å². The fourth-order valence-corrected chi connectivity index (χ4v) is 3.80. The zero-order valence-corrected chi connectivity index (χ0v) is 17.6. The van der Waals surface area contributed by atoms with Crippen LogP contribution in [0.5, 0.6) is 5.75 Å². The van der Waals surface area contributed by atoms with Gasteiger partial charge >= 0.3 is 0 Å². The molecule has 0 bridgehead atoms. The monoisotopic (exact) mass is 421 g/mol. The highest BCUT2D eigenvalue weighted by Crippen LogP contribution is 2.27. The summed E-state index contributed by atoms with van der Waals surface area (Å²) in [6.45, 7) is 2.64. The second-order valence-corrected chi connectivity index (χ2v) is 7.96. The quantitative estimate of drug-likeness (QED) is 0.634. The molecule has 1 atom stereocenters. The van der Waals surface area contributed by atoms with Crippen molar-refractivity contribution in [2.24, 2.45) is 7.05 Å². The summed E-state index contributed by atoms with van der Waals surface area (Å²) in [5.41, 5.74) is 1.95. The number of aliphatic hydroxyl groups excluding tert-OH is 1. The Labute approximate surface area is 180 Å². The van der Waals surface area contributed by atoms with Gasteiger partial charge in [-0.25, -0.2) is 0 Å². The summed E-state index contributed by atoms with van der Waals surface area (Å²) in [5.74, 6) is 0.748. The molecule has 0 spiro atoms. The third kappa shape index (κ3) is 5.31. The normalized spacial score (nSPS) is 16.0. The molecule has 2 N–H and O–H groups in total. The average molecular weight is 421 g/mol. The van der Waals surface area contributed by atoms with Crippen LogP contribution in [0.1, 0.15) is 6.42 Å². The van der Waals surface area contributed by atoms with E-state index in [4.69, 9.17) is 4.74 Å². The average Bonchev–Trinajstić information content (AvgIpc) is 2.97. The lowest BCUT2D eigenvalue weighted by Crippen LogP contribution is -2.37. The third-order valence-corrected chi connectivity index (χ3v) is 5.55. The summed E-state index contributed by atoms with van der Waals surface area (Å²) in [5, 5.41) is 15.3. The van der Waals surface area contributed by atoms with Crippen molar-refractivity contribution in [1.82, 2.24) is 14.8 Å². The fraction of sp³-hybridized carbons (Fsp3) is 0.333. The van der Waals surface area contributed by atoms with Crippen molar-refractivity contribution in [3.8, 4) is 16.9 Å². The number of aryl methyl sites for hydroxylation is 1. The molecule has 1 amide bonds. The van der Waals surface area contributed by atoms with E-state index < -0.39 is 6.10 Å². The second kappa shape index (κ2) is 9.32. The molecule has 7 heteroatoms. The minimum Gasteiger partial charge on any atom is -0.491 e. The molecule has 4 rings (SSSR count). The lowest BCUT2D eigenvalue weighted by molar-refractivity contribution is -0.120. The number of pyridine rings is 1. The van der Waals surface area contributed by atoms with Crippen molar-refractivity contribution in [2.75, 3.05) is 32.8 Å². The number of carbonyl (C=O) groups excluding carboxylic acids is 1. The van der Waals surface area contributed by atoms with Crippen LogP contribution in [0.3, 0.4) is 0 Å². The number of aromatic nitrogens is 1. The first-order valence-corrected chi connectivity index (χ1v) is 10.5. The zero-order chi connectivity index (χ0) is 21.8. The van der Waals surface area contributed by atoms with Crippen LogP contribution in [-0.2, 0) is 11.8 Å². The van der Waals surface area contributed by atoms with Crippen molar-refractivity contribution in [1.29, 1.82) is 0 Å². The molecule has 1 fully saturated rings. The second-order valence-electron chi connectivity index (χ2n) is 7.96. The Morgan fingerprint density at radius 1 is 1.03 bits per heavy atom. The number of fused-ring (bicyclic) bond motifs is 1. The van der Waals surface area contributed by atoms with Crippen LogP contribution in [-0.4, -0.2) is 59.4 Å². The molecule has 0 aliphatic carbocycles. The van der Waals surface area contributed by atoms with Crippen LogP contribution >= 0.6 is 0 Å². The van der Waals surface area contributed by atoms with Gasteiger partial charge in [0.2, 0.25) is 11.5 Å². The summed E-state index contributed by atoms with van der Waals surface area (Å²) >= 11 is 0. The maximum absolute atomic E-state index is 11.6. The molecule has 1 unspecified atom stereocenters. The van der Waals surface area contributed by atoms with Crippen molar-refractivity contribution in [2.45, 2.75) is 12.5 Å². The largest absolute Gasteiger partial charge is 0.491 e. The molecule has 162 valence electrons. The van der Waals surface area contributed by atoms with Gasteiger partial charge in [-0.05, 0) is 46.2 Å². The van der Waals surface area contributed by atoms with Crippen LogP contribution in [0.15, 0.2) is 59.5 Å². The number of hydrogen-bond acceptors (Lipinski definition) is 5. The molecule has 2 aromatic carbocycles. The number of aliphatic hydroxyl groups is 1. The van der Waals surface area contributed by atoms with Crippen molar-refractivity contribution < 1.29 is 14.6 Å². The van der Waals surface area contributed by atoms with Crippen LogP contribution in [0.25, 0.3) is 21.9 Å². The Morgan fingerprint density at radius 3 is 2.68 bits per heavy atom. The van der Waals surface area contributed by atoms with E-state index in [0.717, 1.165) is 28.4 Å². The first-order valence-electron chi connectivity index (χ1n) is 10.5. The van der Waals surface area contributed by atoms with Crippen LogP contribution in [0.2, 0.25) is 0 Å². The lowest BCUT2D eigenvalue weighted by Gasteiger charge is -2.22. The van der Waals surface area contributed by atoms with Crippen molar-refractivity contribution in [3.05, 3.63) is 65.1 Å². The molecule has 0 saturated carbocycles. The summed E-state index contributed by atoms with van der Waals surface area (Å²) in [6, 6.07) is 15.4. The molecule has 7 nitrogen and oxygen atoms in total. The van der Waals surface area contributed by atoms with E-state index >= 15 is 0 Å². The molecule has 2 heterocycles. The third-order valence-electron chi connectivity index (χ3n) is 5.55. The lowest BCUT2D eigenvalue weighted by atomic mass is 10.0. The molecular formula is C24H27N3O4. The molecule has 1 aromatic heterocycles. The van der Waals surface area contributed by atoms with Crippen LogP contribution in [0.4, 0.5) is 0 Å². The van der Waals surface area contributed by atoms with Gasteiger partial charge in [-0.15, -0.1) is 0 Å². The molecular weight excluding hydrogens is 394 g/mol. The van der Waals surface area contributed by atoms with E-state index in [9.17, 15) is 14.7 Å². The van der Waals surface area contributed by atoms with Gasteiger partial charge < -0.3 is 19.7 Å². The topological polar surface area (TPSA) is 83.8 Å². The van der Waals surface area contributed by atoms with Crippen LogP contribution < -0.4 is 15.6 Å². The van der Waals surface area contributed by atoms with Gasteiger partial charge in [0.05, 0.1) is 0 Å². The smallest absolute Gasteiger partial charge is 0.250 e. The minimum absolute atomic E-state index is 0.0400. The summed E-state index contributed by atoms with van der Waals surface area (Å²) in [6.07, 6.45) is 1.64. The molecule has 0 radical (unpaired) electrons. The highest BCUT2D eigenvalue weighted by atomic mass is 16.5. The number of hydrogen-bond donors (Lipinski definition) is 2. The molecule has 3 aromatic rings. The van der Waals surface area contributed by atoms with E-state index in [2.05, 4.69) is 16.3 Å². The van der Waals surface area contributed by atoms with Gasteiger partial charge in [0.1, 0.15) is 18.5 Å². The maximum atomic E-state index is 11.6. The van der Waals surface area contributed by atoms with Gasteiger partial charge in [-0.1, -0.05) is 18.2 Å². The SMILES string of the molecule is Cn1cc(-c2ccc3ccc(OCC(O)CN4CCNC(=O)CC4)cc3c2)ccc1=O. The van der Waals surface area contributed by atoms with E-state index in [1.807, 2.05) is 42.6 Å². The Morgan fingerprint density at radius 2 is 1.84 bits per heavy atom. The number of nitrogens with zero attached hydrogens (tertiary/aromatic N) is 2. The van der Waals surface area contributed by atoms with Gasteiger partial charge in [0, 0.05) is 51.9 Å². The standard InChI is InChI=1S/C24H27N3O4/c1-26-14-19(5-7-24(26)30)18-3-2-17-4-6-22(13-20(17)12-18)31-16-21(28)15-27-10-8-23(29)25-9-11-27/h2-7,12-14,21,28H,8-11,15-16H2,1H3,(H,25,29). The van der Waals surface area contributed by atoms with Crippen LogP contribution in [0, 0.1) is 0 Å². The van der Waals surface area contributed by atoms with Gasteiger partial charge in [0.15, 0.2) is 0 Å². The molecule has 1 aliphatic rings. The number of amides is 1. The number of carbonyl (C=O) groups is 1. The highest BCUT2D eigenvalue weighted by molar-refractivity contribution is 5.88. The molecule has 1 aliphatic heterocycles. The van der Waals surface area contributed by atoms with Crippen molar-refractivity contribution in [3.63, 3.8) is 0 Å². The minimum atomic E-state index is -0.638. The molecule has 31 heavy (non-hydrogen) atoms. The van der Waals surface area contributed by atoms with Gasteiger partial charge in [-0.3, -0.25) is 14.5 Å². The first-order chi connectivity index (χ1) is 15.0. The van der Waals surface area contributed by atoms with E-state index in [0.29, 0.717) is 31.8 Å². The first kappa shape index (κ1) is 21.1. The summed E-state index contributed by atoms with van der Waals surface area (Å²) < 4.78 is 7.41. The predicted octanol–water partition coefficient (Wildman–Crippen LogP) is 1.77. The van der Waals surface area contributed by atoms with Gasteiger partial charge in [-0.2, -0.15) is 0 Å². The summed E-state index contributed by atoms with van der Waals surface area (Å²) in [7, 11) is 1.74. The fourth-order valence-electron chi connectivity index (χ4n) is 3.80. The van der Waals surface area contributed by atoms with Crippen molar-refractivity contribution >= 4 is 16.7 Å². The zero-order valence-electron chi connectivity index (χ0n) is 17.6.